The van der Waals surface area contributed by atoms with Crippen LogP contribution < -0.4 is 0 Å². The molecular formula is C34H32N8O2. The van der Waals surface area contributed by atoms with Gasteiger partial charge in [-0.25, -0.2) is 0 Å². The van der Waals surface area contributed by atoms with Gasteiger partial charge in [0.15, 0.2) is 0 Å². The monoisotopic (exact) mass is 584 g/mol. The number of nitriles is 2. The Morgan fingerprint density at radius 3 is 1.45 bits per heavy atom. The predicted octanol–water partition coefficient (Wildman–Crippen LogP) is 4.73. The molecule has 4 aromatic heterocycles. The molecule has 0 amide bonds. The lowest BCUT2D eigenvalue weighted by atomic mass is 9.78. The van der Waals surface area contributed by atoms with Gasteiger partial charge >= 0.3 is 0 Å². The summed E-state index contributed by atoms with van der Waals surface area (Å²) in [5.41, 5.74) is 5.77. The smallest absolute Gasteiger partial charge is 0.139 e. The Labute approximate surface area is 256 Å². The molecule has 0 radical (unpaired) electrons. The fourth-order valence-electron chi connectivity index (χ4n) is 5.48. The van der Waals surface area contributed by atoms with Gasteiger partial charge in [0.2, 0.25) is 0 Å². The van der Waals surface area contributed by atoms with E-state index in [9.17, 15) is 9.59 Å². The molecule has 2 unspecified atom stereocenters. The highest BCUT2D eigenvalue weighted by atomic mass is 16.1. The zero-order chi connectivity index (χ0) is 30.7. The number of pyridine rings is 2. The summed E-state index contributed by atoms with van der Waals surface area (Å²) in [6.45, 7) is 0. The van der Waals surface area contributed by atoms with E-state index in [1.807, 2.05) is 36.4 Å². The van der Waals surface area contributed by atoms with Gasteiger partial charge in [0.05, 0.1) is 33.9 Å². The fourth-order valence-corrected chi connectivity index (χ4v) is 5.48. The first kappa shape index (κ1) is 30.2. The molecule has 0 spiro atoms. The molecule has 1 aliphatic carbocycles. The number of aromatic nitrogens is 6. The summed E-state index contributed by atoms with van der Waals surface area (Å²) in [6.07, 6.45) is 9.28. The molecule has 4 heterocycles. The van der Waals surface area contributed by atoms with Gasteiger partial charge in [-0.2, -0.15) is 30.9 Å². The van der Waals surface area contributed by atoms with Gasteiger partial charge < -0.3 is 0 Å². The minimum absolute atomic E-state index is 0.0716. The van der Waals surface area contributed by atoms with Gasteiger partial charge in [-0.05, 0) is 80.6 Å². The van der Waals surface area contributed by atoms with Crippen LogP contribution in [0.5, 0.6) is 0 Å². The number of carbonyl (C=O) groups excluding carboxylic acids is 2. The number of hydrogen-bond donors (Lipinski definition) is 0. The molecule has 0 aliphatic heterocycles. The molecule has 10 nitrogen and oxygen atoms in total. The minimum Gasteiger partial charge on any atom is -0.299 e. The maximum atomic E-state index is 12.4. The van der Waals surface area contributed by atoms with Crippen LogP contribution in [-0.4, -0.2) is 41.9 Å². The summed E-state index contributed by atoms with van der Waals surface area (Å²) >= 11 is 0. The van der Waals surface area contributed by atoms with Gasteiger partial charge in [-0.15, -0.1) is 0 Å². The van der Waals surface area contributed by atoms with E-state index < -0.39 is 0 Å². The zero-order valence-electron chi connectivity index (χ0n) is 24.4. The lowest BCUT2D eigenvalue weighted by molar-refractivity contribution is -0.119. The number of ketones is 2. The van der Waals surface area contributed by atoms with Crippen LogP contribution in [-0.2, 0) is 35.3 Å². The maximum Gasteiger partial charge on any atom is 0.139 e. The Morgan fingerprint density at radius 2 is 1.09 bits per heavy atom. The van der Waals surface area contributed by atoms with Crippen molar-refractivity contribution in [1.29, 1.82) is 10.5 Å². The first-order chi connectivity index (χ1) is 21.5. The second-order valence-corrected chi connectivity index (χ2v) is 11.2. The van der Waals surface area contributed by atoms with E-state index in [2.05, 4.69) is 30.4 Å². The summed E-state index contributed by atoms with van der Waals surface area (Å²) < 4.78 is 0. The van der Waals surface area contributed by atoms with Crippen molar-refractivity contribution in [3.05, 3.63) is 106 Å². The van der Waals surface area contributed by atoms with Crippen LogP contribution in [0.4, 0.5) is 0 Å². The van der Waals surface area contributed by atoms with E-state index in [1.165, 1.54) is 12.4 Å². The Bertz CT molecular complexity index is 1530. The Morgan fingerprint density at radius 1 is 0.636 bits per heavy atom. The summed E-state index contributed by atoms with van der Waals surface area (Å²) in [6, 6.07) is 18.8. The van der Waals surface area contributed by atoms with Gasteiger partial charge in [0, 0.05) is 61.3 Å². The normalized spacial score (nSPS) is 16.0. The van der Waals surface area contributed by atoms with Gasteiger partial charge in [0.25, 0.3) is 0 Å². The first-order valence-corrected chi connectivity index (χ1v) is 14.9. The van der Waals surface area contributed by atoms with Crippen molar-refractivity contribution in [2.45, 2.75) is 76.0 Å². The Balaban J connectivity index is 1.07. The minimum atomic E-state index is 0.0716. The van der Waals surface area contributed by atoms with Crippen molar-refractivity contribution < 1.29 is 9.59 Å². The molecule has 4 aromatic rings. The summed E-state index contributed by atoms with van der Waals surface area (Å²) in [5, 5.41) is 35.6. The molecule has 0 saturated heterocycles. The number of aryl methyl sites for hydroxylation is 2. The van der Waals surface area contributed by atoms with Crippen molar-refractivity contribution in [2.75, 3.05) is 0 Å². The number of rotatable bonds is 12. The zero-order valence-corrected chi connectivity index (χ0v) is 24.4. The number of nitrogens with zero attached hydrogens (tertiary/aromatic N) is 8. The molecule has 1 fully saturated rings. The highest BCUT2D eigenvalue weighted by Gasteiger charge is 2.27. The molecule has 1 saturated carbocycles. The van der Waals surface area contributed by atoms with Crippen LogP contribution in [0, 0.1) is 22.7 Å². The van der Waals surface area contributed by atoms with Crippen molar-refractivity contribution >= 4 is 11.6 Å². The average Bonchev–Trinajstić information content (AvgIpc) is 3.07. The van der Waals surface area contributed by atoms with E-state index in [0.29, 0.717) is 48.2 Å². The van der Waals surface area contributed by atoms with Crippen molar-refractivity contribution in [3.63, 3.8) is 0 Å². The summed E-state index contributed by atoms with van der Waals surface area (Å²) in [7, 11) is 0. The average molecular weight is 585 g/mol. The fraction of sp³-hybridized carbons (Fsp3) is 0.353. The quantitative estimate of drug-likeness (QED) is 0.228. The SMILES string of the molecule is N#Cc1ccc(CC(=O)CCc2ccc(C3CCCC(c4ccc(CCC(=O)Cc5ccc(C#N)cn5)nn4)C3)nn2)nc1. The summed E-state index contributed by atoms with van der Waals surface area (Å²) in [5.74, 6) is 0.716. The summed E-state index contributed by atoms with van der Waals surface area (Å²) in [4.78, 5) is 33.2. The number of carbonyl (C=O) groups is 2. The van der Waals surface area contributed by atoms with E-state index in [4.69, 9.17) is 10.5 Å². The van der Waals surface area contributed by atoms with Crippen LogP contribution in [0.25, 0.3) is 0 Å². The van der Waals surface area contributed by atoms with E-state index >= 15 is 0 Å². The second-order valence-electron chi connectivity index (χ2n) is 11.2. The topological polar surface area (TPSA) is 159 Å². The van der Waals surface area contributed by atoms with E-state index in [1.54, 1.807) is 24.3 Å². The van der Waals surface area contributed by atoms with Crippen LogP contribution in [0.1, 0.15) is 95.7 Å². The lowest BCUT2D eigenvalue weighted by Crippen LogP contribution is -2.16. The molecule has 0 bridgehead atoms. The third-order valence-electron chi connectivity index (χ3n) is 7.98. The second kappa shape index (κ2) is 14.8. The van der Waals surface area contributed by atoms with E-state index in [0.717, 1.165) is 48.5 Å². The highest BCUT2D eigenvalue weighted by molar-refractivity contribution is 5.81. The molecule has 0 aromatic carbocycles. The highest BCUT2D eigenvalue weighted by Crippen LogP contribution is 2.39. The molecule has 2 atom stereocenters. The third kappa shape index (κ3) is 8.42. The molecule has 44 heavy (non-hydrogen) atoms. The first-order valence-electron chi connectivity index (χ1n) is 14.9. The van der Waals surface area contributed by atoms with E-state index in [-0.39, 0.29) is 36.2 Å². The Kier molecular flexibility index (Phi) is 10.2. The lowest BCUT2D eigenvalue weighted by Gasteiger charge is -2.28. The van der Waals surface area contributed by atoms with Crippen LogP contribution in [0.15, 0.2) is 60.9 Å². The Hall–Kier alpha value is -5.22. The van der Waals surface area contributed by atoms with Crippen LogP contribution in [0.3, 0.4) is 0 Å². The van der Waals surface area contributed by atoms with Crippen molar-refractivity contribution in [3.8, 4) is 12.1 Å². The van der Waals surface area contributed by atoms with Crippen LogP contribution in [0.2, 0.25) is 0 Å². The van der Waals surface area contributed by atoms with Gasteiger partial charge in [-0.3, -0.25) is 19.6 Å². The van der Waals surface area contributed by atoms with Crippen molar-refractivity contribution in [2.24, 2.45) is 0 Å². The van der Waals surface area contributed by atoms with Crippen molar-refractivity contribution in [1.82, 2.24) is 30.4 Å². The third-order valence-corrected chi connectivity index (χ3v) is 7.98. The van der Waals surface area contributed by atoms with Gasteiger partial charge in [0.1, 0.15) is 23.7 Å². The maximum absolute atomic E-state index is 12.4. The molecule has 5 rings (SSSR count). The standard InChI is InChI=1S/C34H32N8O2/c35-19-23-4-6-29(37-21-23)17-31(43)12-8-27-10-14-33(41-39-27)25-2-1-3-26(16-25)34-15-11-28(40-42-34)9-13-32(44)18-30-7-5-24(20-36)22-38-30/h4-7,10-11,14-15,21-22,25-26H,1-3,8-9,12-13,16-18H2. The number of Topliss-reactive ketones (excluding diaryl/α,β-unsaturated/α-hetero) is 2. The predicted molar refractivity (Wildman–Crippen MR) is 160 cm³/mol. The molecule has 1 aliphatic rings. The molecular weight excluding hydrogens is 552 g/mol. The van der Waals surface area contributed by atoms with Gasteiger partial charge in [-0.1, -0.05) is 6.42 Å². The van der Waals surface area contributed by atoms with Crippen LogP contribution >= 0.6 is 0 Å². The molecule has 0 N–H and O–H groups in total. The molecule has 10 heteroatoms. The number of hydrogen-bond acceptors (Lipinski definition) is 10. The molecule has 220 valence electrons. The largest absolute Gasteiger partial charge is 0.299 e.